The molecule has 0 saturated carbocycles. The second-order valence-electron chi connectivity index (χ2n) is 8.15. The fraction of sp³-hybridized carbons (Fsp3) is 0.296. The first kappa shape index (κ1) is 24.6. The van der Waals surface area contributed by atoms with Gasteiger partial charge >= 0.3 is 0 Å². The number of carbonyl (C=O) groups is 1. The number of anilines is 1. The molecule has 3 aromatic carbocycles. The third-order valence-electron chi connectivity index (χ3n) is 4.89. The molecule has 3 aromatic rings. The minimum Gasteiger partial charge on any atom is -0.490 e. The van der Waals surface area contributed by atoms with Crippen LogP contribution in [0.15, 0.2) is 71.2 Å². The summed E-state index contributed by atoms with van der Waals surface area (Å²) in [6.45, 7) is 8.34. The highest BCUT2D eigenvalue weighted by atomic mass is 79.9. The predicted octanol–water partition coefficient (Wildman–Crippen LogP) is 6.42. The third-order valence-corrected chi connectivity index (χ3v) is 5.48. The highest BCUT2D eigenvalue weighted by molar-refractivity contribution is 9.10. The van der Waals surface area contributed by atoms with E-state index < -0.39 is 0 Å². The molecule has 6 heteroatoms. The Labute approximate surface area is 204 Å². The molecule has 0 radical (unpaired) electrons. The lowest BCUT2D eigenvalue weighted by molar-refractivity contribution is 0.0949. The first-order chi connectivity index (χ1) is 16.0. The van der Waals surface area contributed by atoms with Crippen molar-refractivity contribution in [3.63, 3.8) is 0 Å². The average molecular weight is 511 g/mol. The van der Waals surface area contributed by atoms with Crippen LogP contribution in [0.2, 0.25) is 0 Å². The molecule has 0 aliphatic carbocycles. The van der Waals surface area contributed by atoms with Crippen LogP contribution in [-0.2, 0) is 13.2 Å². The number of ether oxygens (including phenoxy) is 2. The molecule has 0 unspecified atom stereocenters. The molecule has 3 rings (SSSR count). The number of amides is 1. The predicted molar refractivity (Wildman–Crippen MR) is 137 cm³/mol. The van der Waals surface area contributed by atoms with Crippen molar-refractivity contribution in [1.29, 1.82) is 0 Å². The summed E-state index contributed by atoms with van der Waals surface area (Å²) in [7, 11) is 0. The Bertz CT molecular complexity index is 1050. The molecule has 1 amide bonds. The molecule has 0 aliphatic heterocycles. The second-order valence-corrected chi connectivity index (χ2v) is 9.00. The Morgan fingerprint density at radius 1 is 0.970 bits per heavy atom. The van der Waals surface area contributed by atoms with E-state index in [2.05, 4.69) is 40.4 Å². The van der Waals surface area contributed by atoms with Gasteiger partial charge in [0.25, 0.3) is 5.91 Å². The van der Waals surface area contributed by atoms with E-state index >= 15 is 0 Å². The SMILES string of the molecule is CCOc1cc(CNc2cccc(C(=O)NCC(C)C)c2)cc(Br)c1OCc1ccccc1. The molecule has 0 bridgehead atoms. The molecule has 0 heterocycles. The van der Waals surface area contributed by atoms with E-state index in [0.717, 1.165) is 21.3 Å². The van der Waals surface area contributed by atoms with Crippen molar-refractivity contribution < 1.29 is 14.3 Å². The Morgan fingerprint density at radius 2 is 1.76 bits per heavy atom. The largest absolute Gasteiger partial charge is 0.490 e. The van der Waals surface area contributed by atoms with Crippen molar-refractivity contribution in [3.05, 3.63) is 87.9 Å². The van der Waals surface area contributed by atoms with Gasteiger partial charge in [-0.1, -0.05) is 50.2 Å². The van der Waals surface area contributed by atoms with E-state index in [1.807, 2.05) is 73.7 Å². The van der Waals surface area contributed by atoms with Gasteiger partial charge in [-0.2, -0.15) is 0 Å². The van der Waals surface area contributed by atoms with Crippen LogP contribution < -0.4 is 20.1 Å². The van der Waals surface area contributed by atoms with E-state index in [1.54, 1.807) is 0 Å². The van der Waals surface area contributed by atoms with Crippen LogP contribution in [0.4, 0.5) is 5.69 Å². The zero-order valence-corrected chi connectivity index (χ0v) is 20.9. The Balaban J connectivity index is 1.68. The minimum absolute atomic E-state index is 0.0614. The average Bonchev–Trinajstić information content (AvgIpc) is 2.81. The molecule has 0 aromatic heterocycles. The Kier molecular flexibility index (Phi) is 9.19. The minimum atomic E-state index is -0.0614. The first-order valence-electron chi connectivity index (χ1n) is 11.2. The van der Waals surface area contributed by atoms with E-state index in [4.69, 9.17) is 9.47 Å². The molecule has 174 valence electrons. The van der Waals surface area contributed by atoms with Gasteiger partial charge in [0.2, 0.25) is 0 Å². The highest BCUT2D eigenvalue weighted by Crippen LogP contribution is 2.37. The summed E-state index contributed by atoms with van der Waals surface area (Å²) >= 11 is 3.64. The van der Waals surface area contributed by atoms with Gasteiger partial charge in [-0.3, -0.25) is 4.79 Å². The number of nitrogens with one attached hydrogen (secondary N) is 2. The molecule has 0 spiro atoms. The van der Waals surface area contributed by atoms with Gasteiger partial charge in [0, 0.05) is 24.3 Å². The van der Waals surface area contributed by atoms with Gasteiger partial charge in [-0.25, -0.2) is 0 Å². The van der Waals surface area contributed by atoms with Crippen molar-refractivity contribution in [2.75, 3.05) is 18.5 Å². The normalized spacial score (nSPS) is 10.7. The fourth-order valence-electron chi connectivity index (χ4n) is 3.23. The summed E-state index contributed by atoms with van der Waals surface area (Å²) in [5.41, 5.74) is 3.65. The summed E-state index contributed by atoms with van der Waals surface area (Å²) in [6, 6.07) is 21.6. The number of hydrogen-bond donors (Lipinski definition) is 2. The maximum absolute atomic E-state index is 12.4. The summed E-state index contributed by atoms with van der Waals surface area (Å²) < 4.78 is 12.8. The number of rotatable bonds is 11. The van der Waals surface area contributed by atoms with Crippen LogP contribution in [0.3, 0.4) is 0 Å². The number of halogens is 1. The van der Waals surface area contributed by atoms with E-state index in [1.165, 1.54) is 0 Å². The third kappa shape index (κ3) is 7.53. The van der Waals surface area contributed by atoms with Gasteiger partial charge < -0.3 is 20.1 Å². The van der Waals surface area contributed by atoms with Crippen molar-refractivity contribution in [2.45, 2.75) is 33.9 Å². The maximum Gasteiger partial charge on any atom is 0.251 e. The second kappa shape index (κ2) is 12.3. The van der Waals surface area contributed by atoms with Crippen LogP contribution in [0.1, 0.15) is 42.3 Å². The van der Waals surface area contributed by atoms with Gasteiger partial charge in [-0.05, 0) is 70.2 Å². The van der Waals surface area contributed by atoms with E-state index in [-0.39, 0.29) is 5.91 Å². The Morgan fingerprint density at radius 3 is 2.48 bits per heavy atom. The van der Waals surface area contributed by atoms with Crippen molar-refractivity contribution >= 4 is 27.5 Å². The zero-order valence-electron chi connectivity index (χ0n) is 19.4. The fourth-order valence-corrected chi connectivity index (χ4v) is 3.83. The monoisotopic (exact) mass is 510 g/mol. The molecule has 0 saturated heterocycles. The van der Waals surface area contributed by atoms with Crippen LogP contribution in [0.25, 0.3) is 0 Å². The molecule has 0 aliphatic rings. The van der Waals surface area contributed by atoms with Crippen LogP contribution in [0, 0.1) is 5.92 Å². The molecule has 2 N–H and O–H groups in total. The maximum atomic E-state index is 12.4. The lowest BCUT2D eigenvalue weighted by atomic mass is 10.1. The smallest absolute Gasteiger partial charge is 0.251 e. The molecule has 5 nitrogen and oxygen atoms in total. The Hall–Kier alpha value is -2.99. The van der Waals surface area contributed by atoms with Gasteiger partial charge in [0.15, 0.2) is 11.5 Å². The van der Waals surface area contributed by atoms with Crippen LogP contribution in [0.5, 0.6) is 11.5 Å². The van der Waals surface area contributed by atoms with Crippen molar-refractivity contribution in [1.82, 2.24) is 5.32 Å². The molecule has 33 heavy (non-hydrogen) atoms. The van der Waals surface area contributed by atoms with Crippen LogP contribution in [-0.4, -0.2) is 19.1 Å². The summed E-state index contributed by atoms with van der Waals surface area (Å²) in [4.78, 5) is 12.4. The summed E-state index contributed by atoms with van der Waals surface area (Å²) in [5, 5.41) is 6.35. The molecule has 0 fully saturated rings. The topological polar surface area (TPSA) is 59.6 Å². The quantitative estimate of drug-likeness (QED) is 0.312. The van der Waals surface area contributed by atoms with Gasteiger partial charge in [-0.15, -0.1) is 0 Å². The first-order valence-corrected chi connectivity index (χ1v) is 12.0. The summed E-state index contributed by atoms with van der Waals surface area (Å²) in [6.07, 6.45) is 0. The molecular formula is C27H31BrN2O3. The van der Waals surface area contributed by atoms with Crippen molar-refractivity contribution in [2.24, 2.45) is 5.92 Å². The number of hydrogen-bond acceptors (Lipinski definition) is 4. The van der Waals surface area contributed by atoms with E-state index in [0.29, 0.717) is 49.3 Å². The highest BCUT2D eigenvalue weighted by Gasteiger charge is 2.13. The molecule has 0 atom stereocenters. The van der Waals surface area contributed by atoms with Crippen LogP contribution >= 0.6 is 15.9 Å². The van der Waals surface area contributed by atoms with E-state index in [9.17, 15) is 4.79 Å². The van der Waals surface area contributed by atoms with Gasteiger partial charge in [0.1, 0.15) is 6.61 Å². The lowest BCUT2D eigenvalue weighted by Gasteiger charge is -2.16. The van der Waals surface area contributed by atoms with Crippen molar-refractivity contribution in [3.8, 4) is 11.5 Å². The lowest BCUT2D eigenvalue weighted by Crippen LogP contribution is -2.27. The molecular weight excluding hydrogens is 480 g/mol. The zero-order chi connectivity index (χ0) is 23.6. The number of carbonyl (C=O) groups excluding carboxylic acids is 1. The van der Waals surface area contributed by atoms with Gasteiger partial charge in [0.05, 0.1) is 11.1 Å². The number of benzene rings is 3. The standard InChI is InChI=1S/C27H31BrN2O3/c1-4-32-25-14-21(13-24(28)26(25)33-18-20-9-6-5-7-10-20)17-29-23-12-8-11-22(15-23)27(31)30-16-19(2)3/h5-15,19,29H,4,16-18H2,1-3H3,(H,30,31). The summed E-state index contributed by atoms with van der Waals surface area (Å²) in [5.74, 6) is 1.73.